The van der Waals surface area contributed by atoms with E-state index in [1.165, 1.54) is 0 Å². The van der Waals surface area contributed by atoms with Gasteiger partial charge in [0, 0.05) is 0 Å². The second kappa shape index (κ2) is 10.6. The molecule has 1 aromatic carbocycles. The summed E-state index contributed by atoms with van der Waals surface area (Å²) in [4.78, 5) is 11.3. The molecule has 9 nitrogen and oxygen atoms in total. The topological polar surface area (TPSA) is 166 Å². The molecule has 0 aromatic heterocycles. The van der Waals surface area contributed by atoms with Crippen molar-refractivity contribution in [2.75, 3.05) is 39.5 Å². The summed E-state index contributed by atoms with van der Waals surface area (Å²) in [6, 6.07) is 1.56. The second-order valence-electron chi connectivity index (χ2n) is 4.32. The number of carboxylic acids is 1. The molecular weight excluding hydrogens is 298 g/mol. The van der Waals surface area contributed by atoms with Crippen molar-refractivity contribution in [2.45, 2.75) is 0 Å². The van der Waals surface area contributed by atoms with Crippen molar-refractivity contribution in [3.63, 3.8) is 0 Å². The highest BCUT2D eigenvalue weighted by Gasteiger charge is 2.07. The lowest BCUT2D eigenvalue weighted by atomic mass is 10.2. The molecule has 0 amide bonds. The minimum Gasteiger partial charge on any atom is -0.867 e. The fourth-order valence-corrected chi connectivity index (χ4v) is 1.57. The number of aromatic carboxylic acids is 1. The van der Waals surface area contributed by atoms with Crippen LogP contribution in [-0.2, 0) is 0 Å². The molecule has 1 aromatic rings. The van der Waals surface area contributed by atoms with Crippen molar-refractivity contribution in [2.24, 2.45) is 0 Å². The zero-order valence-electron chi connectivity index (χ0n) is 11.9. The van der Waals surface area contributed by atoms with Gasteiger partial charge in [0.1, 0.15) is 31.1 Å². The molecule has 0 aliphatic heterocycles. The number of quaternary nitrogens is 1. The first-order valence-electron chi connectivity index (χ1n) is 6.49. The molecule has 1 rings (SSSR count). The largest absolute Gasteiger partial charge is 0.867 e. The van der Waals surface area contributed by atoms with Crippen LogP contribution in [0.4, 0.5) is 0 Å². The Morgan fingerprint density at radius 1 is 0.955 bits per heavy atom. The molecule has 0 aliphatic carbocycles. The molecule has 0 heterocycles. The van der Waals surface area contributed by atoms with Gasteiger partial charge in [-0.05, 0) is 17.9 Å². The number of carbonyl (C=O) groups is 1. The molecule has 0 aliphatic rings. The quantitative estimate of drug-likeness (QED) is 0.275. The van der Waals surface area contributed by atoms with E-state index in [9.17, 15) is 9.90 Å². The number of hydrogen-bond acceptors (Lipinski definition) is 7. The third kappa shape index (κ3) is 7.09. The van der Waals surface area contributed by atoms with E-state index in [0.29, 0.717) is 19.6 Å². The zero-order valence-corrected chi connectivity index (χ0v) is 11.9. The van der Waals surface area contributed by atoms with Crippen LogP contribution in [-0.4, -0.2) is 76.1 Å². The second-order valence-corrected chi connectivity index (χ2v) is 4.32. The van der Waals surface area contributed by atoms with Gasteiger partial charge in [-0.2, -0.15) is 0 Å². The van der Waals surface area contributed by atoms with Gasteiger partial charge in [0.2, 0.25) is 0 Å². The third-order valence-corrected chi connectivity index (χ3v) is 2.69. The van der Waals surface area contributed by atoms with Crippen LogP contribution in [0, 0.1) is 0 Å². The van der Waals surface area contributed by atoms with Crippen molar-refractivity contribution in [1.29, 1.82) is 0 Å². The minimum atomic E-state index is -1.32. The van der Waals surface area contributed by atoms with Crippen molar-refractivity contribution in [1.82, 2.24) is 0 Å². The first-order chi connectivity index (χ1) is 10.4. The number of nitrogens with one attached hydrogen (secondary N) is 1. The minimum absolute atomic E-state index is 0.106. The Labute approximate surface area is 126 Å². The van der Waals surface area contributed by atoms with Gasteiger partial charge in [0.25, 0.3) is 0 Å². The Kier molecular flexibility index (Phi) is 9.63. The average molecular weight is 319 g/mol. The summed E-state index contributed by atoms with van der Waals surface area (Å²) < 4.78 is 0. The molecule has 0 atom stereocenters. The molecule has 0 unspecified atom stereocenters. The van der Waals surface area contributed by atoms with E-state index < -0.39 is 23.2 Å². The van der Waals surface area contributed by atoms with Crippen LogP contribution < -0.4 is 10.0 Å². The fraction of sp³-hybridized carbons (Fsp3) is 0.462. The van der Waals surface area contributed by atoms with E-state index in [1.54, 1.807) is 0 Å². The van der Waals surface area contributed by atoms with Crippen LogP contribution in [0.1, 0.15) is 10.4 Å². The van der Waals surface area contributed by atoms with Crippen LogP contribution in [0.3, 0.4) is 0 Å². The standard InChI is InChI=1S/C7H6O5.C6H15NO3/c8-4-1-3(7(11)12)2-5(9)6(4)10;8-4-1-7(2-5-9)3-6-10/h1-2,8-10H,(H,11,12);8-10H,1-6H2. The molecular formula is C13H21NO8. The lowest BCUT2D eigenvalue weighted by Crippen LogP contribution is -3.13. The highest BCUT2D eigenvalue weighted by molar-refractivity contribution is 5.89. The van der Waals surface area contributed by atoms with Crippen molar-refractivity contribution in [3.05, 3.63) is 17.7 Å². The van der Waals surface area contributed by atoms with Gasteiger partial charge in [-0.15, -0.1) is 0 Å². The molecule has 9 heteroatoms. The van der Waals surface area contributed by atoms with Crippen molar-refractivity contribution >= 4 is 5.97 Å². The lowest BCUT2D eigenvalue weighted by Gasteiger charge is -2.15. The lowest BCUT2D eigenvalue weighted by molar-refractivity contribution is -0.901. The van der Waals surface area contributed by atoms with Crippen molar-refractivity contribution in [3.8, 4) is 17.2 Å². The summed E-state index contributed by atoms with van der Waals surface area (Å²) in [5, 5.41) is 62.2. The van der Waals surface area contributed by atoms with Gasteiger partial charge in [-0.3, -0.25) is 0 Å². The SMILES string of the molecule is O=C(O)c1cc(O)c([O-])c(O)c1.OCC[NH+](CCO)CCO. The number of hydrogen-bond donors (Lipinski definition) is 7. The predicted octanol–water partition coefficient (Wildman–Crippen LogP) is -3.28. The summed E-state index contributed by atoms with van der Waals surface area (Å²) in [6.45, 7) is 2.11. The van der Waals surface area contributed by atoms with E-state index in [0.717, 1.165) is 17.0 Å². The molecule has 0 saturated carbocycles. The monoisotopic (exact) mass is 319 g/mol. The fourth-order valence-electron chi connectivity index (χ4n) is 1.57. The van der Waals surface area contributed by atoms with Crippen LogP contribution >= 0.6 is 0 Å². The van der Waals surface area contributed by atoms with E-state index in [2.05, 4.69) is 0 Å². The summed E-state index contributed by atoms with van der Waals surface area (Å²) in [5.74, 6) is -3.83. The van der Waals surface area contributed by atoms with E-state index in [-0.39, 0.29) is 25.4 Å². The number of carboxylic acid groups (broad SMARTS) is 1. The van der Waals surface area contributed by atoms with E-state index >= 15 is 0 Å². The van der Waals surface area contributed by atoms with Crippen LogP contribution in [0.15, 0.2) is 12.1 Å². The number of phenols is 2. The first kappa shape index (κ1) is 19.9. The summed E-state index contributed by atoms with van der Waals surface area (Å²) in [5.41, 5.74) is -0.329. The number of aliphatic hydroxyl groups excluding tert-OH is 3. The summed E-state index contributed by atoms with van der Waals surface area (Å²) in [7, 11) is 0. The van der Waals surface area contributed by atoms with Crippen LogP contribution in [0.2, 0.25) is 0 Å². The first-order valence-corrected chi connectivity index (χ1v) is 6.49. The molecule has 126 valence electrons. The smallest absolute Gasteiger partial charge is 0.335 e. The zero-order chi connectivity index (χ0) is 17.1. The Hall–Kier alpha value is -2.07. The molecule has 7 N–H and O–H groups in total. The molecule has 22 heavy (non-hydrogen) atoms. The third-order valence-electron chi connectivity index (χ3n) is 2.69. The Morgan fingerprint density at radius 2 is 1.32 bits per heavy atom. The molecule has 0 spiro atoms. The molecule has 0 fully saturated rings. The van der Waals surface area contributed by atoms with Crippen LogP contribution in [0.25, 0.3) is 0 Å². The van der Waals surface area contributed by atoms with Crippen molar-refractivity contribution < 1.29 is 45.4 Å². The van der Waals surface area contributed by atoms with Crippen LogP contribution in [0.5, 0.6) is 17.2 Å². The maximum atomic E-state index is 10.7. The van der Waals surface area contributed by atoms with E-state index in [4.69, 9.17) is 30.6 Å². The number of aliphatic hydroxyl groups is 3. The average Bonchev–Trinajstić information content (AvgIpc) is 2.45. The summed E-state index contributed by atoms with van der Waals surface area (Å²) in [6.07, 6.45) is 0. The highest BCUT2D eigenvalue weighted by atomic mass is 16.4. The molecule has 0 radical (unpaired) electrons. The molecule has 0 saturated heterocycles. The van der Waals surface area contributed by atoms with E-state index in [1.807, 2.05) is 0 Å². The predicted molar refractivity (Wildman–Crippen MR) is 73.0 cm³/mol. The van der Waals surface area contributed by atoms with Gasteiger partial charge in [0.15, 0.2) is 0 Å². The highest BCUT2D eigenvalue weighted by Crippen LogP contribution is 2.32. The Balaban J connectivity index is 0.000000409. The van der Waals surface area contributed by atoms with Gasteiger partial charge < -0.3 is 40.6 Å². The maximum absolute atomic E-state index is 10.7. The summed E-state index contributed by atoms with van der Waals surface area (Å²) >= 11 is 0. The Bertz CT molecular complexity index is 428. The number of rotatable bonds is 7. The molecule has 0 bridgehead atoms. The van der Waals surface area contributed by atoms with Gasteiger partial charge in [-0.1, -0.05) is 0 Å². The van der Waals surface area contributed by atoms with Gasteiger partial charge in [0.05, 0.1) is 25.4 Å². The number of aromatic hydroxyl groups is 2. The number of phenolic OH excluding ortho intramolecular Hbond substituents is 2. The maximum Gasteiger partial charge on any atom is 0.335 e. The van der Waals surface area contributed by atoms with Gasteiger partial charge >= 0.3 is 5.97 Å². The number of benzene rings is 1. The normalized spacial score (nSPS) is 10.2. The van der Waals surface area contributed by atoms with Gasteiger partial charge in [-0.25, -0.2) is 4.79 Å². The Morgan fingerprint density at radius 3 is 1.59 bits per heavy atom.